The van der Waals surface area contributed by atoms with E-state index >= 15 is 0 Å². The maximum Gasteiger partial charge on any atom is 0.321 e. The Morgan fingerprint density at radius 2 is 1.70 bits per heavy atom. The van der Waals surface area contributed by atoms with Gasteiger partial charge in [0.15, 0.2) is 0 Å². The third-order valence-electron chi connectivity index (χ3n) is 5.75. The molecule has 3 aromatic carbocycles. The second-order valence-corrected chi connectivity index (χ2v) is 7.88. The highest BCUT2D eigenvalue weighted by Gasteiger charge is 2.29. The van der Waals surface area contributed by atoms with Crippen LogP contribution < -0.4 is 10.6 Å². The van der Waals surface area contributed by atoms with E-state index < -0.39 is 0 Å². The lowest BCUT2D eigenvalue weighted by molar-refractivity contribution is -0.126. The molecule has 0 spiro atoms. The van der Waals surface area contributed by atoms with Crippen LogP contribution in [0.3, 0.4) is 0 Å². The molecule has 4 rings (SSSR count). The van der Waals surface area contributed by atoms with E-state index in [1.54, 1.807) is 4.90 Å². The molecule has 5 nitrogen and oxygen atoms in total. The lowest BCUT2D eigenvalue weighted by Gasteiger charge is -2.32. The molecular formula is C25H27N3O2. The van der Waals surface area contributed by atoms with Crippen LogP contribution in [0.2, 0.25) is 0 Å². The Balaban J connectivity index is 1.40. The van der Waals surface area contributed by atoms with Gasteiger partial charge in [0.05, 0.1) is 12.0 Å². The van der Waals surface area contributed by atoms with E-state index in [2.05, 4.69) is 34.9 Å². The number of nitrogens with zero attached hydrogens (tertiary/aromatic N) is 1. The minimum Gasteiger partial charge on any atom is -0.349 e. The second kappa shape index (κ2) is 8.99. The average Bonchev–Trinajstić information content (AvgIpc) is 2.79. The van der Waals surface area contributed by atoms with Crippen molar-refractivity contribution in [3.05, 3.63) is 78.4 Å². The Morgan fingerprint density at radius 3 is 2.53 bits per heavy atom. The van der Waals surface area contributed by atoms with Crippen molar-refractivity contribution in [1.29, 1.82) is 0 Å². The molecule has 30 heavy (non-hydrogen) atoms. The highest BCUT2D eigenvalue weighted by atomic mass is 16.2. The summed E-state index contributed by atoms with van der Waals surface area (Å²) in [6.45, 7) is 3.12. The Kier molecular flexibility index (Phi) is 5.98. The van der Waals surface area contributed by atoms with Crippen LogP contribution in [0, 0.1) is 5.92 Å². The summed E-state index contributed by atoms with van der Waals surface area (Å²) < 4.78 is 0. The molecule has 0 unspecified atom stereocenters. The van der Waals surface area contributed by atoms with Gasteiger partial charge in [-0.25, -0.2) is 4.79 Å². The normalized spacial score (nSPS) is 17.4. The highest BCUT2D eigenvalue weighted by molar-refractivity contribution is 5.90. The van der Waals surface area contributed by atoms with Crippen LogP contribution >= 0.6 is 0 Å². The Bertz CT molecular complexity index is 1030. The molecule has 1 aliphatic rings. The number of anilines is 1. The van der Waals surface area contributed by atoms with Gasteiger partial charge in [-0.2, -0.15) is 0 Å². The van der Waals surface area contributed by atoms with Gasteiger partial charge in [0.1, 0.15) is 0 Å². The van der Waals surface area contributed by atoms with E-state index in [9.17, 15) is 9.59 Å². The number of para-hydroxylation sites is 1. The van der Waals surface area contributed by atoms with Crippen LogP contribution in [0.15, 0.2) is 72.8 Å². The van der Waals surface area contributed by atoms with Gasteiger partial charge in [-0.05, 0) is 48.2 Å². The lowest BCUT2D eigenvalue weighted by atomic mass is 9.95. The first kappa shape index (κ1) is 20.0. The zero-order chi connectivity index (χ0) is 20.9. The van der Waals surface area contributed by atoms with Gasteiger partial charge in [0.25, 0.3) is 0 Å². The van der Waals surface area contributed by atoms with E-state index in [-0.39, 0.29) is 23.9 Å². The average molecular weight is 402 g/mol. The molecule has 1 aliphatic heterocycles. The largest absolute Gasteiger partial charge is 0.349 e. The summed E-state index contributed by atoms with van der Waals surface area (Å²) in [6, 6.07) is 23.5. The van der Waals surface area contributed by atoms with E-state index in [0.717, 1.165) is 34.9 Å². The van der Waals surface area contributed by atoms with Crippen LogP contribution in [-0.4, -0.2) is 29.9 Å². The molecule has 0 saturated carbocycles. The topological polar surface area (TPSA) is 61.4 Å². The number of benzene rings is 3. The Morgan fingerprint density at radius 1 is 0.967 bits per heavy atom. The smallest absolute Gasteiger partial charge is 0.321 e. The Hall–Kier alpha value is -3.34. The monoisotopic (exact) mass is 401 g/mol. The molecule has 3 aromatic rings. The van der Waals surface area contributed by atoms with Crippen molar-refractivity contribution in [3.8, 4) is 0 Å². The van der Waals surface area contributed by atoms with E-state index in [1.165, 1.54) is 0 Å². The minimum atomic E-state index is -0.197. The number of nitrogens with one attached hydrogen (secondary N) is 2. The number of hydrogen-bond acceptors (Lipinski definition) is 2. The molecule has 2 N–H and O–H groups in total. The molecule has 2 atom stereocenters. The van der Waals surface area contributed by atoms with Crippen molar-refractivity contribution in [2.45, 2.75) is 25.8 Å². The fourth-order valence-electron chi connectivity index (χ4n) is 4.14. The number of urea groups is 1. The van der Waals surface area contributed by atoms with Gasteiger partial charge < -0.3 is 15.5 Å². The first-order chi connectivity index (χ1) is 14.6. The van der Waals surface area contributed by atoms with Crippen molar-refractivity contribution in [1.82, 2.24) is 10.2 Å². The summed E-state index contributed by atoms with van der Waals surface area (Å²) in [7, 11) is 0. The van der Waals surface area contributed by atoms with E-state index in [0.29, 0.717) is 13.1 Å². The fraction of sp³-hybridized carbons (Fsp3) is 0.280. The van der Waals surface area contributed by atoms with Gasteiger partial charge in [-0.3, -0.25) is 4.79 Å². The first-order valence-corrected chi connectivity index (χ1v) is 10.5. The molecule has 5 heteroatoms. The van der Waals surface area contributed by atoms with Crippen molar-refractivity contribution in [3.63, 3.8) is 0 Å². The molecule has 1 saturated heterocycles. The lowest BCUT2D eigenvalue weighted by Crippen LogP contribution is -2.47. The molecule has 0 aliphatic carbocycles. The molecule has 0 aromatic heterocycles. The van der Waals surface area contributed by atoms with Crippen molar-refractivity contribution < 1.29 is 9.59 Å². The highest BCUT2D eigenvalue weighted by Crippen LogP contribution is 2.25. The third kappa shape index (κ3) is 4.46. The predicted octanol–water partition coefficient (Wildman–Crippen LogP) is 4.96. The third-order valence-corrected chi connectivity index (χ3v) is 5.75. The summed E-state index contributed by atoms with van der Waals surface area (Å²) >= 11 is 0. The van der Waals surface area contributed by atoms with Crippen LogP contribution in [0.25, 0.3) is 10.8 Å². The molecule has 0 radical (unpaired) electrons. The van der Waals surface area contributed by atoms with Gasteiger partial charge in [0.2, 0.25) is 5.91 Å². The molecule has 0 bridgehead atoms. The molecule has 1 fully saturated rings. The number of likely N-dealkylation sites (tertiary alicyclic amines) is 1. The maximum absolute atomic E-state index is 13.0. The van der Waals surface area contributed by atoms with Crippen molar-refractivity contribution in [2.75, 3.05) is 18.4 Å². The maximum atomic E-state index is 13.0. The summed E-state index contributed by atoms with van der Waals surface area (Å²) in [5.41, 5.74) is 1.87. The molecule has 1 heterocycles. The Labute approximate surface area is 177 Å². The van der Waals surface area contributed by atoms with Gasteiger partial charge in [0, 0.05) is 18.8 Å². The number of fused-ring (bicyclic) bond motifs is 1. The second-order valence-electron chi connectivity index (χ2n) is 7.88. The van der Waals surface area contributed by atoms with Crippen molar-refractivity contribution in [2.24, 2.45) is 5.92 Å². The quantitative estimate of drug-likeness (QED) is 0.649. The van der Waals surface area contributed by atoms with Crippen molar-refractivity contribution >= 4 is 28.4 Å². The van der Waals surface area contributed by atoms with E-state index in [4.69, 9.17) is 0 Å². The summed E-state index contributed by atoms with van der Waals surface area (Å²) in [5.74, 6) is -0.189. The van der Waals surface area contributed by atoms with Gasteiger partial charge in [-0.1, -0.05) is 60.7 Å². The van der Waals surface area contributed by atoms with Gasteiger partial charge >= 0.3 is 6.03 Å². The zero-order valence-corrected chi connectivity index (χ0v) is 17.2. The van der Waals surface area contributed by atoms with E-state index in [1.807, 2.05) is 55.5 Å². The SMILES string of the molecule is C[C@@H](NC(=O)[C@@H]1CCCN(C(=O)Nc2ccccc2)C1)c1cccc2ccccc12. The number of hydrogen-bond donors (Lipinski definition) is 2. The van der Waals surface area contributed by atoms with Gasteiger partial charge in [-0.15, -0.1) is 0 Å². The standard InChI is InChI=1S/C25H27N3O2/c1-18(22-15-7-10-19-9-5-6-14-23(19)22)26-24(29)20-11-8-16-28(17-20)25(30)27-21-12-3-2-4-13-21/h2-7,9-10,12-15,18,20H,8,11,16-17H2,1H3,(H,26,29)(H,27,30)/t18-,20-/m1/s1. The number of rotatable bonds is 4. The number of carbonyl (C=O) groups excluding carboxylic acids is 2. The fourth-order valence-corrected chi connectivity index (χ4v) is 4.14. The minimum absolute atomic E-state index is 0.00708. The van der Waals surface area contributed by atoms with Crippen LogP contribution in [0.5, 0.6) is 0 Å². The summed E-state index contributed by atoms with van der Waals surface area (Å²) in [6.07, 6.45) is 1.62. The summed E-state index contributed by atoms with van der Waals surface area (Å²) in [5, 5.41) is 8.40. The van der Waals surface area contributed by atoms with Crippen LogP contribution in [-0.2, 0) is 4.79 Å². The molecule has 3 amide bonds. The van der Waals surface area contributed by atoms with Crippen LogP contribution in [0.1, 0.15) is 31.4 Å². The number of piperidine rings is 1. The number of amides is 3. The summed E-state index contributed by atoms with van der Waals surface area (Å²) in [4.78, 5) is 27.3. The molecule has 154 valence electrons. The molecular weight excluding hydrogens is 374 g/mol. The predicted molar refractivity (Wildman–Crippen MR) is 120 cm³/mol. The first-order valence-electron chi connectivity index (χ1n) is 10.5. The number of carbonyl (C=O) groups is 2. The zero-order valence-electron chi connectivity index (χ0n) is 17.2. The van der Waals surface area contributed by atoms with Crippen LogP contribution in [0.4, 0.5) is 10.5 Å².